The number of pyridine rings is 1. The first-order chi connectivity index (χ1) is 18.6. The highest BCUT2D eigenvalue weighted by molar-refractivity contribution is 5.95. The molecule has 6 rings (SSSR count). The van der Waals surface area contributed by atoms with Crippen molar-refractivity contribution >= 4 is 16.7 Å². The molecule has 2 aromatic carbocycles. The molecule has 2 N–H and O–H groups in total. The molecule has 0 amide bonds. The SMILES string of the molecule is CC(O)CN1CCN(c2ccc(-c3cnc4[nH]cc(-c5cnn(CCc6ccccc6)c5)c4c3)cc2)CC1. The zero-order valence-electron chi connectivity index (χ0n) is 21.8. The number of β-amino-alcohol motifs (C(OH)–C–C–N with tert-alkyl or cyclic N) is 1. The van der Waals surface area contributed by atoms with Crippen molar-refractivity contribution in [3.05, 3.63) is 91.0 Å². The van der Waals surface area contributed by atoms with E-state index in [1.165, 1.54) is 11.3 Å². The molecule has 1 fully saturated rings. The molecule has 5 aromatic rings. The molecular weight excluding hydrogens is 472 g/mol. The highest BCUT2D eigenvalue weighted by Crippen LogP contribution is 2.31. The van der Waals surface area contributed by atoms with Crippen LogP contribution in [0.4, 0.5) is 5.69 Å². The standard InChI is InChI=1S/C31H34N6O/c1-23(38)21-35-13-15-36(16-14-35)28-9-7-25(8-10-28)26-17-29-30(20-33-31(29)32-18-26)27-19-34-37(22-27)12-11-24-5-3-2-4-6-24/h2-10,17-20,22-23,38H,11-16,21H2,1H3,(H,32,33). The number of nitrogens with one attached hydrogen (secondary N) is 1. The van der Waals surface area contributed by atoms with E-state index in [1.807, 2.05) is 36.3 Å². The molecule has 0 bridgehead atoms. The summed E-state index contributed by atoms with van der Waals surface area (Å²) in [5.41, 5.74) is 7.90. The van der Waals surface area contributed by atoms with Crippen LogP contribution in [0.3, 0.4) is 0 Å². The number of aryl methyl sites for hydroxylation is 2. The molecule has 7 nitrogen and oxygen atoms in total. The summed E-state index contributed by atoms with van der Waals surface area (Å²) in [4.78, 5) is 12.8. The van der Waals surface area contributed by atoms with Gasteiger partial charge in [-0.2, -0.15) is 5.10 Å². The van der Waals surface area contributed by atoms with Crippen LogP contribution in [0.1, 0.15) is 12.5 Å². The number of fused-ring (bicyclic) bond motifs is 1. The molecule has 38 heavy (non-hydrogen) atoms. The molecule has 0 saturated carbocycles. The van der Waals surface area contributed by atoms with Gasteiger partial charge in [0, 0.05) is 85.6 Å². The van der Waals surface area contributed by atoms with Gasteiger partial charge in [-0.05, 0) is 42.7 Å². The molecule has 7 heteroatoms. The first kappa shape index (κ1) is 24.4. The van der Waals surface area contributed by atoms with E-state index in [-0.39, 0.29) is 6.10 Å². The van der Waals surface area contributed by atoms with E-state index < -0.39 is 0 Å². The number of aromatic nitrogens is 4. The number of benzene rings is 2. The molecule has 3 aromatic heterocycles. The first-order valence-corrected chi connectivity index (χ1v) is 13.4. The number of hydrogen-bond donors (Lipinski definition) is 2. The van der Waals surface area contributed by atoms with Crippen molar-refractivity contribution in [3.8, 4) is 22.3 Å². The van der Waals surface area contributed by atoms with Gasteiger partial charge >= 0.3 is 0 Å². The zero-order valence-corrected chi connectivity index (χ0v) is 21.8. The monoisotopic (exact) mass is 506 g/mol. The third kappa shape index (κ3) is 5.35. The summed E-state index contributed by atoms with van der Waals surface area (Å²) in [6.07, 6.45) is 8.71. The average Bonchev–Trinajstić information content (AvgIpc) is 3.59. The average molecular weight is 507 g/mol. The highest BCUT2D eigenvalue weighted by atomic mass is 16.3. The minimum atomic E-state index is -0.275. The lowest BCUT2D eigenvalue weighted by Gasteiger charge is -2.36. The van der Waals surface area contributed by atoms with E-state index in [2.05, 4.69) is 80.7 Å². The summed E-state index contributed by atoms with van der Waals surface area (Å²) in [6, 6.07) is 21.5. The maximum Gasteiger partial charge on any atom is 0.137 e. The Hall–Kier alpha value is -3.94. The number of H-pyrrole nitrogens is 1. The van der Waals surface area contributed by atoms with E-state index in [4.69, 9.17) is 4.98 Å². The molecule has 0 aliphatic carbocycles. The van der Waals surface area contributed by atoms with Gasteiger partial charge in [0.25, 0.3) is 0 Å². The molecule has 0 spiro atoms. The highest BCUT2D eigenvalue weighted by Gasteiger charge is 2.18. The van der Waals surface area contributed by atoms with Crippen LogP contribution < -0.4 is 4.90 Å². The van der Waals surface area contributed by atoms with Gasteiger partial charge in [0.1, 0.15) is 5.65 Å². The lowest BCUT2D eigenvalue weighted by molar-refractivity contribution is 0.123. The second-order valence-electron chi connectivity index (χ2n) is 10.2. The van der Waals surface area contributed by atoms with Crippen molar-refractivity contribution in [1.29, 1.82) is 0 Å². The van der Waals surface area contributed by atoms with Gasteiger partial charge in [0.15, 0.2) is 0 Å². The van der Waals surface area contributed by atoms with Crippen LogP contribution in [0.2, 0.25) is 0 Å². The summed E-state index contributed by atoms with van der Waals surface area (Å²) < 4.78 is 2.02. The predicted octanol–water partition coefficient (Wildman–Crippen LogP) is 4.84. The van der Waals surface area contributed by atoms with Crippen LogP contribution in [0.25, 0.3) is 33.3 Å². The number of piperazine rings is 1. The zero-order chi connectivity index (χ0) is 25.9. The predicted molar refractivity (Wildman–Crippen MR) is 153 cm³/mol. The van der Waals surface area contributed by atoms with Crippen molar-refractivity contribution in [2.45, 2.75) is 26.0 Å². The van der Waals surface area contributed by atoms with Crippen LogP contribution >= 0.6 is 0 Å². The summed E-state index contributed by atoms with van der Waals surface area (Å²) in [6.45, 7) is 7.36. The van der Waals surface area contributed by atoms with Gasteiger partial charge in [0.05, 0.1) is 12.3 Å². The molecular formula is C31H34N6O. The summed E-state index contributed by atoms with van der Waals surface area (Å²) in [5, 5.41) is 15.4. The number of rotatable bonds is 8. The van der Waals surface area contributed by atoms with Crippen molar-refractivity contribution in [1.82, 2.24) is 24.6 Å². The number of aliphatic hydroxyl groups is 1. The van der Waals surface area contributed by atoms with E-state index >= 15 is 0 Å². The lowest BCUT2D eigenvalue weighted by Crippen LogP contribution is -2.48. The van der Waals surface area contributed by atoms with Crippen molar-refractivity contribution in [2.24, 2.45) is 0 Å². The number of hydrogen-bond acceptors (Lipinski definition) is 5. The van der Waals surface area contributed by atoms with E-state index in [1.54, 1.807) is 0 Å². The van der Waals surface area contributed by atoms with E-state index in [0.29, 0.717) is 0 Å². The minimum Gasteiger partial charge on any atom is -0.392 e. The maximum absolute atomic E-state index is 9.66. The Balaban J connectivity index is 1.16. The number of aliphatic hydroxyl groups excluding tert-OH is 1. The normalized spacial score (nSPS) is 15.3. The fourth-order valence-corrected chi connectivity index (χ4v) is 5.34. The van der Waals surface area contributed by atoms with Crippen LogP contribution in [-0.2, 0) is 13.0 Å². The summed E-state index contributed by atoms with van der Waals surface area (Å²) >= 11 is 0. The van der Waals surface area contributed by atoms with Crippen molar-refractivity contribution in [2.75, 3.05) is 37.6 Å². The third-order valence-corrected chi connectivity index (χ3v) is 7.41. The first-order valence-electron chi connectivity index (χ1n) is 13.4. The van der Waals surface area contributed by atoms with E-state index in [9.17, 15) is 5.11 Å². The van der Waals surface area contributed by atoms with Crippen LogP contribution in [0.15, 0.2) is 85.5 Å². The Morgan fingerprint density at radius 2 is 1.71 bits per heavy atom. The largest absolute Gasteiger partial charge is 0.392 e. The van der Waals surface area contributed by atoms with Crippen molar-refractivity contribution in [3.63, 3.8) is 0 Å². The Labute approximate surface area is 223 Å². The quantitative estimate of drug-likeness (QED) is 0.315. The fourth-order valence-electron chi connectivity index (χ4n) is 5.34. The number of aromatic amines is 1. The third-order valence-electron chi connectivity index (χ3n) is 7.41. The molecule has 1 unspecified atom stereocenters. The van der Waals surface area contributed by atoms with Gasteiger partial charge in [-0.15, -0.1) is 0 Å². The van der Waals surface area contributed by atoms with Gasteiger partial charge in [-0.3, -0.25) is 9.58 Å². The molecule has 1 aliphatic rings. The van der Waals surface area contributed by atoms with Gasteiger partial charge in [-0.25, -0.2) is 4.98 Å². The summed E-state index contributed by atoms with van der Waals surface area (Å²) in [7, 11) is 0. The second-order valence-corrected chi connectivity index (χ2v) is 10.2. The molecule has 0 radical (unpaired) electrons. The Bertz CT molecular complexity index is 1480. The van der Waals surface area contributed by atoms with Gasteiger partial charge in [-0.1, -0.05) is 42.5 Å². The molecule has 1 atom stereocenters. The van der Waals surface area contributed by atoms with Gasteiger partial charge < -0.3 is 15.0 Å². The molecule has 194 valence electrons. The smallest absolute Gasteiger partial charge is 0.137 e. The number of nitrogens with zero attached hydrogens (tertiary/aromatic N) is 5. The fraction of sp³-hybridized carbons (Fsp3) is 0.290. The van der Waals surface area contributed by atoms with Crippen LogP contribution in [-0.4, -0.2) is 68.6 Å². The molecule has 1 saturated heterocycles. The van der Waals surface area contributed by atoms with Crippen LogP contribution in [0.5, 0.6) is 0 Å². The van der Waals surface area contributed by atoms with Crippen molar-refractivity contribution < 1.29 is 5.11 Å². The number of anilines is 1. The lowest BCUT2D eigenvalue weighted by atomic mass is 10.0. The molecule has 1 aliphatic heterocycles. The molecule has 4 heterocycles. The topological polar surface area (TPSA) is 73.2 Å². The van der Waals surface area contributed by atoms with Gasteiger partial charge in [0.2, 0.25) is 0 Å². The minimum absolute atomic E-state index is 0.275. The Kier molecular flexibility index (Phi) is 6.94. The van der Waals surface area contributed by atoms with E-state index in [0.717, 1.165) is 79.0 Å². The van der Waals surface area contributed by atoms with Crippen LogP contribution in [0, 0.1) is 0 Å². The maximum atomic E-state index is 9.66. The Morgan fingerprint density at radius 1 is 0.921 bits per heavy atom. The summed E-state index contributed by atoms with van der Waals surface area (Å²) in [5.74, 6) is 0. The Morgan fingerprint density at radius 3 is 2.47 bits per heavy atom. The second kappa shape index (κ2) is 10.8.